The van der Waals surface area contributed by atoms with Crippen molar-refractivity contribution in [2.75, 3.05) is 0 Å². The fourth-order valence-corrected chi connectivity index (χ4v) is 3.07. The molecular formula is C12H14O. The van der Waals surface area contributed by atoms with Crippen molar-refractivity contribution >= 4 is 0 Å². The maximum Gasteiger partial charge on any atom is 0.0728 e. The molecule has 0 heterocycles. The summed E-state index contributed by atoms with van der Waals surface area (Å²) in [5, 5.41) is 9.60. The van der Waals surface area contributed by atoms with Crippen molar-refractivity contribution in [3.63, 3.8) is 0 Å². The molecule has 0 saturated heterocycles. The van der Waals surface area contributed by atoms with Gasteiger partial charge in [0.05, 0.1) is 6.10 Å². The van der Waals surface area contributed by atoms with Crippen molar-refractivity contribution in [1.82, 2.24) is 0 Å². The largest absolute Gasteiger partial charge is 0.389 e. The molecule has 0 bridgehead atoms. The van der Waals surface area contributed by atoms with Gasteiger partial charge >= 0.3 is 0 Å². The predicted molar refractivity (Wildman–Crippen MR) is 52.0 cm³/mol. The second kappa shape index (κ2) is 2.36. The molecule has 0 radical (unpaired) electrons. The molecule has 0 saturated carbocycles. The van der Waals surface area contributed by atoms with Crippen LogP contribution < -0.4 is 0 Å². The van der Waals surface area contributed by atoms with Gasteiger partial charge in [0.25, 0.3) is 0 Å². The first kappa shape index (κ1) is 7.57. The molecule has 1 N–H and O–H groups in total. The van der Waals surface area contributed by atoms with Crippen LogP contribution in [-0.2, 0) is 0 Å². The summed E-state index contributed by atoms with van der Waals surface area (Å²) >= 11 is 0. The summed E-state index contributed by atoms with van der Waals surface area (Å²) in [5.41, 5.74) is 1.23. The lowest BCUT2D eigenvalue weighted by Crippen LogP contribution is -2.16. The number of hydrogen-bond donors (Lipinski definition) is 1. The molecule has 3 aliphatic rings. The summed E-state index contributed by atoms with van der Waals surface area (Å²) in [6.45, 7) is 1.87. The van der Waals surface area contributed by atoms with E-state index in [1.54, 1.807) is 0 Å². The van der Waals surface area contributed by atoms with Gasteiger partial charge in [0.2, 0.25) is 0 Å². The van der Waals surface area contributed by atoms with E-state index < -0.39 is 0 Å². The van der Waals surface area contributed by atoms with E-state index in [1.807, 2.05) is 6.92 Å². The van der Waals surface area contributed by atoms with Gasteiger partial charge in [0, 0.05) is 5.92 Å². The molecule has 0 unspecified atom stereocenters. The highest BCUT2D eigenvalue weighted by Gasteiger charge is 2.44. The second-order valence-corrected chi connectivity index (χ2v) is 4.37. The minimum absolute atomic E-state index is 0.271. The van der Waals surface area contributed by atoms with E-state index in [1.165, 1.54) is 5.57 Å². The molecule has 0 aromatic rings. The Balaban J connectivity index is 2.02. The molecule has 13 heavy (non-hydrogen) atoms. The highest BCUT2D eigenvalue weighted by atomic mass is 16.3. The summed E-state index contributed by atoms with van der Waals surface area (Å²) in [7, 11) is 0. The van der Waals surface area contributed by atoms with Gasteiger partial charge in [-0.05, 0) is 30.3 Å². The van der Waals surface area contributed by atoms with Gasteiger partial charge < -0.3 is 5.11 Å². The van der Waals surface area contributed by atoms with Crippen LogP contribution in [0.3, 0.4) is 0 Å². The van der Waals surface area contributed by atoms with E-state index in [2.05, 4.69) is 30.4 Å². The van der Waals surface area contributed by atoms with Gasteiger partial charge in [-0.15, -0.1) is 0 Å². The van der Waals surface area contributed by atoms with Gasteiger partial charge in [0.1, 0.15) is 0 Å². The van der Waals surface area contributed by atoms with E-state index in [0.29, 0.717) is 23.7 Å². The second-order valence-electron chi connectivity index (χ2n) is 4.37. The first-order chi connectivity index (χ1) is 6.27. The average molecular weight is 174 g/mol. The zero-order valence-corrected chi connectivity index (χ0v) is 7.72. The van der Waals surface area contributed by atoms with Crippen LogP contribution in [0.2, 0.25) is 0 Å². The van der Waals surface area contributed by atoms with Crippen LogP contribution in [0.4, 0.5) is 0 Å². The summed E-state index contributed by atoms with van der Waals surface area (Å²) in [6, 6.07) is 0. The third-order valence-corrected chi connectivity index (χ3v) is 3.65. The first-order valence-corrected chi connectivity index (χ1v) is 5.03. The van der Waals surface area contributed by atoms with Crippen LogP contribution in [-0.4, -0.2) is 11.2 Å². The van der Waals surface area contributed by atoms with Crippen molar-refractivity contribution < 1.29 is 5.11 Å². The minimum Gasteiger partial charge on any atom is -0.389 e. The van der Waals surface area contributed by atoms with Crippen molar-refractivity contribution in [2.45, 2.75) is 13.0 Å². The summed E-state index contributed by atoms with van der Waals surface area (Å²) < 4.78 is 0. The quantitative estimate of drug-likeness (QED) is 0.602. The smallest absolute Gasteiger partial charge is 0.0728 e. The van der Waals surface area contributed by atoms with Crippen LogP contribution in [0.1, 0.15) is 6.92 Å². The third kappa shape index (κ3) is 0.856. The highest BCUT2D eigenvalue weighted by Crippen LogP contribution is 2.51. The van der Waals surface area contributed by atoms with Gasteiger partial charge in [-0.3, -0.25) is 0 Å². The number of rotatable bonds is 1. The first-order valence-electron chi connectivity index (χ1n) is 5.03. The van der Waals surface area contributed by atoms with Crippen molar-refractivity contribution in [2.24, 2.45) is 23.7 Å². The molecule has 0 aromatic heterocycles. The molecule has 0 amide bonds. The van der Waals surface area contributed by atoms with Crippen molar-refractivity contribution in [1.29, 1.82) is 0 Å². The summed E-state index contributed by atoms with van der Waals surface area (Å²) in [4.78, 5) is 0. The van der Waals surface area contributed by atoms with E-state index >= 15 is 0 Å². The standard InChI is InChI=1S/C12H14O/c1-7(13)11-6-9-3-2-8-4-5-10(11)12(8)9/h2-10,12-13H,1H3/t7-,8+,9-,10+,12-/m0/s1. The van der Waals surface area contributed by atoms with E-state index in [0.717, 1.165) is 0 Å². The van der Waals surface area contributed by atoms with Crippen molar-refractivity contribution in [3.05, 3.63) is 36.0 Å². The van der Waals surface area contributed by atoms with Crippen LogP contribution >= 0.6 is 0 Å². The zero-order valence-electron chi connectivity index (χ0n) is 7.72. The van der Waals surface area contributed by atoms with Crippen LogP contribution in [0.25, 0.3) is 0 Å². The van der Waals surface area contributed by atoms with Gasteiger partial charge in [-0.25, -0.2) is 0 Å². The fraction of sp³-hybridized carbons (Fsp3) is 0.500. The van der Waals surface area contributed by atoms with Gasteiger partial charge in [-0.2, -0.15) is 0 Å². The molecule has 5 atom stereocenters. The van der Waals surface area contributed by atoms with E-state index in [4.69, 9.17) is 0 Å². The monoisotopic (exact) mass is 174 g/mol. The maximum atomic E-state index is 9.60. The number of aliphatic hydroxyl groups excluding tert-OH is 1. The number of hydrogen-bond acceptors (Lipinski definition) is 1. The number of aliphatic hydroxyl groups is 1. The molecule has 0 fully saturated rings. The topological polar surface area (TPSA) is 20.2 Å². The minimum atomic E-state index is -0.271. The molecule has 3 aliphatic carbocycles. The molecule has 68 valence electrons. The Labute approximate surface area is 78.5 Å². The fourth-order valence-electron chi connectivity index (χ4n) is 3.07. The molecule has 0 spiro atoms. The molecule has 0 aromatic carbocycles. The molecule has 0 aliphatic heterocycles. The number of allylic oxidation sites excluding steroid dienone is 5. The highest BCUT2D eigenvalue weighted by molar-refractivity contribution is 5.38. The Morgan fingerprint density at radius 3 is 2.62 bits per heavy atom. The predicted octanol–water partition coefficient (Wildman–Crippen LogP) is 1.91. The average Bonchev–Trinajstić information content (AvgIpc) is 2.72. The lowest BCUT2D eigenvalue weighted by molar-refractivity contribution is 0.217. The van der Waals surface area contributed by atoms with Crippen LogP contribution in [0, 0.1) is 23.7 Å². The van der Waals surface area contributed by atoms with E-state index in [9.17, 15) is 5.11 Å². The van der Waals surface area contributed by atoms with Crippen molar-refractivity contribution in [3.8, 4) is 0 Å². The lowest BCUT2D eigenvalue weighted by atomic mass is 9.86. The van der Waals surface area contributed by atoms with Crippen LogP contribution in [0.5, 0.6) is 0 Å². The molecule has 3 rings (SSSR count). The van der Waals surface area contributed by atoms with Gasteiger partial charge in [0.15, 0.2) is 0 Å². The van der Waals surface area contributed by atoms with Crippen LogP contribution in [0.15, 0.2) is 36.0 Å². The zero-order chi connectivity index (χ0) is 9.00. The lowest BCUT2D eigenvalue weighted by Gasteiger charge is -2.18. The Morgan fingerprint density at radius 2 is 1.85 bits per heavy atom. The Bertz CT molecular complexity index is 322. The maximum absolute atomic E-state index is 9.60. The van der Waals surface area contributed by atoms with E-state index in [-0.39, 0.29) is 6.10 Å². The summed E-state index contributed by atoms with van der Waals surface area (Å²) in [5.74, 6) is 2.46. The normalized spacial score (nSPS) is 46.8. The molecule has 1 heteroatoms. The molecular weight excluding hydrogens is 160 g/mol. The Kier molecular flexibility index (Phi) is 1.37. The Hall–Kier alpha value is -0.820. The molecule has 1 nitrogen and oxygen atoms in total. The third-order valence-electron chi connectivity index (χ3n) is 3.65. The SMILES string of the molecule is C[C@H](O)C1=C[C@@H]2C=C[C@@H]3C=C[C@H]1[C@@H]32. The summed E-state index contributed by atoms with van der Waals surface area (Å²) in [6.07, 6.45) is 11.2. The van der Waals surface area contributed by atoms with Gasteiger partial charge in [-0.1, -0.05) is 30.4 Å². The Morgan fingerprint density at radius 1 is 1.15 bits per heavy atom.